The van der Waals surface area contributed by atoms with Gasteiger partial charge in [0.05, 0.1) is 5.54 Å². The summed E-state index contributed by atoms with van der Waals surface area (Å²) >= 11 is 0. The van der Waals surface area contributed by atoms with Gasteiger partial charge < -0.3 is 5.32 Å². The third-order valence-electron chi connectivity index (χ3n) is 2.50. The Labute approximate surface area is 74.7 Å². The van der Waals surface area contributed by atoms with Gasteiger partial charge in [-0.1, -0.05) is 0 Å². The molecule has 0 spiro atoms. The van der Waals surface area contributed by atoms with Crippen LogP contribution in [0.5, 0.6) is 0 Å². The monoisotopic (exact) mass is 169 g/mol. The molecule has 0 aliphatic heterocycles. The van der Waals surface area contributed by atoms with Crippen LogP contribution in [0.1, 0.15) is 47.0 Å². The highest BCUT2D eigenvalue weighted by atomic mass is 16.1. The van der Waals surface area contributed by atoms with Crippen molar-refractivity contribution in [3.05, 3.63) is 0 Å². The maximum Gasteiger partial charge on any atom is 0.149 e. The van der Waals surface area contributed by atoms with E-state index in [0.29, 0.717) is 5.78 Å². The average Bonchev–Trinajstić information content (AvgIpc) is 1.75. The second-order valence-corrected chi connectivity index (χ2v) is 4.87. The molecule has 2 nitrogen and oxygen atoms in total. The van der Waals surface area contributed by atoms with E-state index in [9.17, 15) is 4.79 Å². The van der Waals surface area contributed by atoms with Crippen LogP contribution in [-0.4, -0.2) is 16.9 Å². The topological polar surface area (TPSA) is 29.1 Å². The minimum Gasteiger partial charge on any atom is -0.300 e. The highest BCUT2D eigenvalue weighted by molar-refractivity contribution is 5.87. The van der Waals surface area contributed by atoms with E-state index in [-0.39, 0.29) is 11.1 Å². The largest absolute Gasteiger partial charge is 0.300 e. The second kappa shape index (κ2) is 2.84. The zero-order chi connectivity index (χ0) is 9.41. The Bertz CT molecular complexity index is 187. The number of carbonyl (C=O) groups is 1. The zero-order valence-electron chi connectivity index (χ0n) is 8.53. The second-order valence-electron chi connectivity index (χ2n) is 4.87. The average molecular weight is 169 g/mol. The number of ketones is 1. The molecule has 0 aromatic rings. The fraction of sp³-hybridized carbons (Fsp3) is 0.900. The Kier molecular flexibility index (Phi) is 2.30. The molecule has 0 atom stereocenters. The van der Waals surface area contributed by atoms with Gasteiger partial charge in [-0.15, -0.1) is 0 Å². The first-order chi connectivity index (χ1) is 5.36. The van der Waals surface area contributed by atoms with Crippen molar-refractivity contribution in [3.63, 3.8) is 0 Å². The van der Waals surface area contributed by atoms with Crippen LogP contribution in [0.2, 0.25) is 0 Å². The summed E-state index contributed by atoms with van der Waals surface area (Å²) in [5.74, 6) is 0.295. The van der Waals surface area contributed by atoms with Gasteiger partial charge in [-0.2, -0.15) is 0 Å². The normalized spacial score (nSPS) is 21.7. The molecule has 1 fully saturated rings. The third kappa shape index (κ3) is 1.86. The van der Waals surface area contributed by atoms with Crippen LogP contribution in [-0.2, 0) is 4.79 Å². The Morgan fingerprint density at radius 2 is 1.83 bits per heavy atom. The zero-order valence-corrected chi connectivity index (χ0v) is 8.53. The highest BCUT2D eigenvalue weighted by Crippen LogP contribution is 2.34. The molecule has 0 aromatic heterocycles. The molecule has 12 heavy (non-hydrogen) atoms. The quantitative estimate of drug-likeness (QED) is 0.684. The number of nitrogens with one attached hydrogen (secondary N) is 1. The summed E-state index contributed by atoms with van der Waals surface area (Å²) in [4.78, 5) is 11.4. The molecule has 2 heteroatoms. The molecule has 1 N–H and O–H groups in total. The molecule has 0 radical (unpaired) electrons. The molecule has 0 amide bonds. The van der Waals surface area contributed by atoms with Crippen LogP contribution in [0.4, 0.5) is 0 Å². The first kappa shape index (κ1) is 9.72. The van der Waals surface area contributed by atoms with Gasteiger partial charge in [0.2, 0.25) is 0 Å². The van der Waals surface area contributed by atoms with E-state index in [1.165, 1.54) is 6.42 Å². The molecule has 0 saturated heterocycles. The van der Waals surface area contributed by atoms with Crippen molar-refractivity contribution < 1.29 is 4.79 Å². The van der Waals surface area contributed by atoms with Gasteiger partial charge in [0.15, 0.2) is 0 Å². The number of hydrogen-bond donors (Lipinski definition) is 1. The van der Waals surface area contributed by atoms with Gasteiger partial charge in [0.1, 0.15) is 5.78 Å². The Morgan fingerprint density at radius 3 is 1.92 bits per heavy atom. The Morgan fingerprint density at radius 1 is 1.33 bits per heavy atom. The van der Waals surface area contributed by atoms with Crippen molar-refractivity contribution >= 4 is 5.78 Å². The van der Waals surface area contributed by atoms with E-state index in [2.05, 4.69) is 26.1 Å². The highest BCUT2D eigenvalue weighted by Gasteiger charge is 2.43. The summed E-state index contributed by atoms with van der Waals surface area (Å²) in [6.45, 7) is 8.01. The van der Waals surface area contributed by atoms with E-state index in [0.717, 1.165) is 12.8 Å². The SMILES string of the molecule is CC(=O)C1(NC(C)(C)C)CCC1. The van der Waals surface area contributed by atoms with Gasteiger partial charge in [0, 0.05) is 5.54 Å². The van der Waals surface area contributed by atoms with Gasteiger partial charge in [-0.25, -0.2) is 0 Å². The van der Waals surface area contributed by atoms with Crippen molar-refractivity contribution in [2.24, 2.45) is 0 Å². The predicted octanol–water partition coefficient (Wildman–Crippen LogP) is 1.89. The molecule has 0 unspecified atom stereocenters. The van der Waals surface area contributed by atoms with E-state index in [1.807, 2.05) is 0 Å². The predicted molar refractivity (Wildman–Crippen MR) is 50.2 cm³/mol. The van der Waals surface area contributed by atoms with Crippen molar-refractivity contribution in [1.82, 2.24) is 5.32 Å². The Balaban J connectivity index is 2.63. The lowest BCUT2D eigenvalue weighted by Crippen LogP contribution is -2.62. The standard InChI is InChI=1S/C10H19NO/c1-8(12)10(6-5-7-10)11-9(2,3)4/h11H,5-7H2,1-4H3. The maximum atomic E-state index is 11.4. The molecule has 0 bridgehead atoms. The summed E-state index contributed by atoms with van der Waals surface area (Å²) in [6, 6.07) is 0. The summed E-state index contributed by atoms with van der Waals surface area (Å²) in [6.07, 6.45) is 3.21. The number of carbonyl (C=O) groups excluding carboxylic acids is 1. The van der Waals surface area contributed by atoms with Crippen molar-refractivity contribution in [3.8, 4) is 0 Å². The van der Waals surface area contributed by atoms with Gasteiger partial charge in [0.25, 0.3) is 0 Å². The van der Waals surface area contributed by atoms with Gasteiger partial charge in [-0.05, 0) is 47.0 Å². The van der Waals surface area contributed by atoms with Crippen molar-refractivity contribution in [2.45, 2.75) is 58.0 Å². The third-order valence-corrected chi connectivity index (χ3v) is 2.50. The molecule has 0 heterocycles. The van der Waals surface area contributed by atoms with E-state index >= 15 is 0 Å². The lowest BCUT2D eigenvalue weighted by atomic mass is 9.73. The summed E-state index contributed by atoms with van der Waals surface area (Å²) < 4.78 is 0. The minimum atomic E-state index is -0.182. The molecule has 1 rings (SSSR count). The summed E-state index contributed by atoms with van der Waals surface area (Å²) in [7, 11) is 0. The lowest BCUT2D eigenvalue weighted by Gasteiger charge is -2.45. The summed E-state index contributed by atoms with van der Waals surface area (Å²) in [5.41, 5.74) is -0.135. The molecule has 0 aromatic carbocycles. The molecule has 70 valence electrons. The van der Waals surface area contributed by atoms with Crippen LogP contribution in [0, 0.1) is 0 Å². The van der Waals surface area contributed by atoms with E-state index in [1.54, 1.807) is 6.92 Å². The lowest BCUT2D eigenvalue weighted by molar-refractivity contribution is -0.127. The summed E-state index contributed by atoms with van der Waals surface area (Å²) in [5, 5.41) is 3.42. The maximum absolute atomic E-state index is 11.4. The molecular formula is C10H19NO. The number of rotatable bonds is 2. The first-order valence-electron chi connectivity index (χ1n) is 4.66. The van der Waals surface area contributed by atoms with Crippen molar-refractivity contribution in [2.75, 3.05) is 0 Å². The fourth-order valence-electron chi connectivity index (χ4n) is 1.81. The smallest absolute Gasteiger partial charge is 0.149 e. The fourth-order valence-corrected chi connectivity index (χ4v) is 1.81. The van der Waals surface area contributed by atoms with Crippen LogP contribution in [0.25, 0.3) is 0 Å². The van der Waals surface area contributed by atoms with E-state index < -0.39 is 0 Å². The number of Topliss-reactive ketones (excluding diaryl/α,β-unsaturated/α-hetero) is 1. The van der Waals surface area contributed by atoms with Crippen LogP contribution < -0.4 is 5.32 Å². The van der Waals surface area contributed by atoms with Crippen LogP contribution in [0.3, 0.4) is 0 Å². The van der Waals surface area contributed by atoms with Crippen molar-refractivity contribution in [1.29, 1.82) is 0 Å². The molecular weight excluding hydrogens is 150 g/mol. The Hall–Kier alpha value is -0.370. The molecule has 1 aliphatic rings. The number of hydrogen-bond acceptors (Lipinski definition) is 2. The first-order valence-corrected chi connectivity index (χ1v) is 4.66. The van der Waals surface area contributed by atoms with E-state index in [4.69, 9.17) is 0 Å². The van der Waals surface area contributed by atoms with Gasteiger partial charge in [-0.3, -0.25) is 4.79 Å². The molecule has 1 aliphatic carbocycles. The molecule has 1 saturated carbocycles. The van der Waals surface area contributed by atoms with Crippen LogP contribution in [0.15, 0.2) is 0 Å². The van der Waals surface area contributed by atoms with Gasteiger partial charge >= 0.3 is 0 Å². The minimum absolute atomic E-state index is 0.0477. The van der Waals surface area contributed by atoms with Crippen LogP contribution >= 0.6 is 0 Å².